The van der Waals surface area contributed by atoms with Crippen LogP contribution in [0.25, 0.3) is 0 Å². The number of amides is 1. The van der Waals surface area contributed by atoms with Crippen molar-refractivity contribution in [1.29, 1.82) is 0 Å². The van der Waals surface area contributed by atoms with Gasteiger partial charge in [-0.3, -0.25) is 4.79 Å². The Balaban J connectivity index is 0.00000210. The minimum absolute atomic E-state index is 0. The van der Waals surface area contributed by atoms with Crippen LogP contribution in [-0.4, -0.2) is 37.8 Å². The molecule has 1 N–H and O–H groups in total. The number of sulfonamides is 1. The molecule has 1 amide bonds. The molecule has 5 radical (unpaired) electrons. The summed E-state index contributed by atoms with van der Waals surface area (Å²) < 4.78 is 40.3. The molecule has 1 aromatic rings. The smallest absolute Gasteiger partial charge is 0.243 e. The third-order valence-electron chi connectivity index (χ3n) is 5.52. The van der Waals surface area contributed by atoms with Gasteiger partial charge in [-0.15, -0.1) is 0 Å². The van der Waals surface area contributed by atoms with Gasteiger partial charge in [-0.25, -0.2) is 12.8 Å². The number of hydrogen-bond donors (Lipinski definition) is 1. The van der Waals surface area contributed by atoms with E-state index < -0.39 is 15.8 Å². The zero-order valence-electron chi connectivity index (χ0n) is 17.0. The van der Waals surface area contributed by atoms with Crippen molar-refractivity contribution < 1.29 is 17.6 Å². The number of halogens is 1. The summed E-state index contributed by atoms with van der Waals surface area (Å²) in [5.41, 5.74) is 0. The third-order valence-corrected chi connectivity index (χ3v) is 7.49. The molecule has 2 aliphatic rings. The van der Waals surface area contributed by atoms with E-state index in [0.29, 0.717) is 13.1 Å². The number of benzene rings is 1. The lowest BCUT2D eigenvalue weighted by atomic mass is 9.90. The van der Waals surface area contributed by atoms with E-state index in [1.54, 1.807) is 0 Å². The van der Waals surface area contributed by atoms with Gasteiger partial charge in [0.15, 0.2) is 0 Å². The summed E-state index contributed by atoms with van der Waals surface area (Å²) in [7, 11) is -3.68. The van der Waals surface area contributed by atoms with Crippen LogP contribution in [-0.2, 0) is 14.8 Å². The van der Waals surface area contributed by atoms with Gasteiger partial charge in [-0.05, 0) is 49.9 Å². The zero-order chi connectivity index (χ0) is 19.3. The summed E-state index contributed by atoms with van der Waals surface area (Å²) in [4.78, 5) is 12.6. The van der Waals surface area contributed by atoms with Crippen molar-refractivity contribution in [1.82, 2.24) is 9.62 Å². The summed E-state index contributed by atoms with van der Waals surface area (Å²) in [6, 6.07) is 4.65. The Kier molecular flexibility index (Phi) is 10.3. The van der Waals surface area contributed by atoms with Crippen molar-refractivity contribution in [3.05, 3.63) is 50.9 Å². The van der Waals surface area contributed by atoms with Crippen molar-refractivity contribution in [3.63, 3.8) is 0 Å². The first-order valence-electron chi connectivity index (χ1n) is 9.89. The molecule has 3 rings (SSSR count). The minimum Gasteiger partial charge on any atom is -0.354 e. The second-order valence-electron chi connectivity index (χ2n) is 7.45. The van der Waals surface area contributed by atoms with Gasteiger partial charge in [-0.2, -0.15) is 4.31 Å². The summed E-state index contributed by atoms with van der Waals surface area (Å²) in [5, 5.41) is 2.96. The maximum Gasteiger partial charge on any atom is 0.243 e. The SMILES string of the molecule is O=C(NCC1CCCN1S(=O)(=O)c1ccc(F)cc1)[C]1CCCCCCC1.[CH2].[CH2]. The lowest BCUT2D eigenvalue weighted by Crippen LogP contribution is -2.44. The van der Waals surface area contributed by atoms with Crippen LogP contribution in [0, 0.1) is 26.6 Å². The van der Waals surface area contributed by atoms with E-state index in [1.165, 1.54) is 35.7 Å². The van der Waals surface area contributed by atoms with Gasteiger partial charge >= 0.3 is 0 Å². The Bertz CT molecular complexity index is 729. The van der Waals surface area contributed by atoms with Gasteiger partial charge in [0.05, 0.1) is 10.8 Å². The molecule has 5 nitrogen and oxygen atoms in total. The molecule has 1 unspecified atom stereocenters. The van der Waals surface area contributed by atoms with Crippen LogP contribution < -0.4 is 5.32 Å². The molecule has 1 heterocycles. The molecular formula is C22H32FN2O3S. The molecule has 161 valence electrons. The highest BCUT2D eigenvalue weighted by Crippen LogP contribution is 2.27. The Hall–Kier alpha value is -1.47. The van der Waals surface area contributed by atoms with E-state index in [-0.39, 0.29) is 31.7 Å². The molecule has 1 aromatic carbocycles. The van der Waals surface area contributed by atoms with E-state index >= 15 is 0 Å². The molecule has 0 spiro atoms. The van der Waals surface area contributed by atoms with Gasteiger partial charge in [0.1, 0.15) is 5.82 Å². The molecule has 1 aliphatic heterocycles. The van der Waals surface area contributed by atoms with Crippen molar-refractivity contribution >= 4 is 15.9 Å². The van der Waals surface area contributed by atoms with Crippen molar-refractivity contribution in [2.45, 2.75) is 68.7 Å². The molecule has 1 saturated carbocycles. The van der Waals surface area contributed by atoms with E-state index in [1.807, 2.05) is 0 Å². The number of carbonyl (C=O) groups is 1. The Labute approximate surface area is 176 Å². The van der Waals surface area contributed by atoms with Gasteiger partial charge in [0, 0.05) is 19.1 Å². The maximum absolute atomic E-state index is 13.1. The van der Waals surface area contributed by atoms with Gasteiger partial charge < -0.3 is 5.32 Å². The fraction of sp³-hybridized carbons (Fsp3) is 0.545. The van der Waals surface area contributed by atoms with E-state index in [4.69, 9.17) is 0 Å². The fourth-order valence-corrected chi connectivity index (χ4v) is 5.66. The summed E-state index contributed by atoms with van der Waals surface area (Å²) in [5.74, 6) is 0.457. The predicted octanol–water partition coefficient (Wildman–Crippen LogP) is 4.07. The molecule has 7 heteroatoms. The van der Waals surface area contributed by atoms with Crippen molar-refractivity contribution in [2.75, 3.05) is 13.1 Å². The summed E-state index contributed by atoms with van der Waals surface area (Å²) in [6.45, 7) is 0.750. The Morgan fingerprint density at radius 1 is 1.00 bits per heavy atom. The largest absolute Gasteiger partial charge is 0.354 e. The first-order valence-corrected chi connectivity index (χ1v) is 11.3. The van der Waals surface area contributed by atoms with Crippen LogP contribution >= 0.6 is 0 Å². The number of nitrogens with one attached hydrogen (secondary N) is 1. The number of carbonyl (C=O) groups excluding carboxylic acids is 1. The molecule has 29 heavy (non-hydrogen) atoms. The quantitative estimate of drug-likeness (QED) is 0.776. The van der Waals surface area contributed by atoms with E-state index in [2.05, 4.69) is 5.32 Å². The standard InChI is InChI=1S/C20H28FN2O3S.2CH2/c21-17-10-12-19(13-11-17)27(25,26)23-14-6-9-18(23)15-22-20(24)16-7-4-2-1-3-5-8-16;;/h10-13,18H,1-9,14-15H2,(H,22,24);2*1H2. The van der Waals surface area contributed by atoms with E-state index in [0.717, 1.165) is 56.6 Å². The lowest BCUT2D eigenvalue weighted by Gasteiger charge is -2.25. The van der Waals surface area contributed by atoms with Crippen LogP contribution in [0.1, 0.15) is 57.8 Å². The number of rotatable bonds is 5. The zero-order valence-corrected chi connectivity index (χ0v) is 17.9. The molecule has 1 aliphatic carbocycles. The molecule has 0 bridgehead atoms. The Morgan fingerprint density at radius 3 is 2.21 bits per heavy atom. The summed E-state index contributed by atoms with van der Waals surface area (Å²) in [6.07, 6.45) is 8.85. The Morgan fingerprint density at radius 2 is 1.59 bits per heavy atom. The van der Waals surface area contributed by atoms with Crippen molar-refractivity contribution in [3.8, 4) is 0 Å². The summed E-state index contributed by atoms with van der Waals surface area (Å²) >= 11 is 0. The highest BCUT2D eigenvalue weighted by molar-refractivity contribution is 7.89. The normalized spacial score (nSPS) is 21.3. The van der Waals surface area contributed by atoms with Crippen LogP contribution in [0.4, 0.5) is 4.39 Å². The number of hydrogen-bond acceptors (Lipinski definition) is 3. The maximum atomic E-state index is 13.1. The average molecular weight is 424 g/mol. The molecule has 2 fully saturated rings. The highest BCUT2D eigenvalue weighted by atomic mass is 32.2. The average Bonchev–Trinajstić information content (AvgIpc) is 3.09. The van der Waals surface area contributed by atoms with Gasteiger partial charge in [0.2, 0.25) is 15.9 Å². The molecule has 0 aromatic heterocycles. The second-order valence-corrected chi connectivity index (χ2v) is 9.34. The minimum atomic E-state index is -3.68. The highest BCUT2D eigenvalue weighted by Gasteiger charge is 2.35. The fourth-order valence-electron chi connectivity index (χ4n) is 3.97. The second kappa shape index (κ2) is 11.6. The third kappa shape index (κ3) is 6.51. The van der Waals surface area contributed by atoms with E-state index in [9.17, 15) is 17.6 Å². The topological polar surface area (TPSA) is 66.5 Å². The molecule has 1 saturated heterocycles. The lowest BCUT2D eigenvalue weighted by molar-refractivity contribution is -0.120. The van der Waals surface area contributed by atoms with Crippen LogP contribution in [0.15, 0.2) is 29.2 Å². The van der Waals surface area contributed by atoms with Crippen LogP contribution in [0.5, 0.6) is 0 Å². The first-order chi connectivity index (χ1) is 13.0. The van der Waals surface area contributed by atoms with Crippen molar-refractivity contribution in [2.24, 2.45) is 0 Å². The monoisotopic (exact) mass is 423 g/mol. The van der Waals surface area contributed by atoms with Gasteiger partial charge in [0.25, 0.3) is 0 Å². The van der Waals surface area contributed by atoms with Crippen LogP contribution in [0.3, 0.4) is 0 Å². The number of nitrogens with zero attached hydrogens (tertiary/aromatic N) is 1. The predicted molar refractivity (Wildman–Crippen MR) is 113 cm³/mol. The molecule has 1 atom stereocenters. The van der Waals surface area contributed by atoms with Gasteiger partial charge in [-0.1, -0.05) is 47.0 Å². The molecular weight excluding hydrogens is 391 g/mol. The first kappa shape index (κ1) is 25.6. The van der Waals surface area contributed by atoms with Crippen LogP contribution in [0.2, 0.25) is 0 Å².